The number of nitro benzene ring substituents is 1. The largest absolute Gasteiger partial charge is 0.490 e. The fourth-order valence-electron chi connectivity index (χ4n) is 3.03. The quantitative estimate of drug-likeness (QED) is 0.281. The molecule has 2 amide bonds. The van der Waals surface area contributed by atoms with Gasteiger partial charge in [0.05, 0.1) is 12.0 Å². The van der Waals surface area contributed by atoms with Crippen LogP contribution in [-0.2, 0) is 16.1 Å². The van der Waals surface area contributed by atoms with Gasteiger partial charge in [0.2, 0.25) is 11.7 Å². The molecule has 1 atom stereocenters. The normalized spacial score (nSPS) is 11.4. The Balaban J connectivity index is 2.15. The molecule has 0 aliphatic carbocycles. The van der Waals surface area contributed by atoms with Crippen molar-refractivity contribution in [2.24, 2.45) is 0 Å². The van der Waals surface area contributed by atoms with E-state index in [0.29, 0.717) is 11.6 Å². The first-order valence-electron chi connectivity index (χ1n) is 10.5. The van der Waals surface area contributed by atoms with Crippen molar-refractivity contribution < 1.29 is 24.0 Å². The molecule has 10 heteroatoms. The highest BCUT2D eigenvalue weighted by Crippen LogP contribution is 2.30. The molecule has 0 unspecified atom stereocenters. The highest BCUT2D eigenvalue weighted by Gasteiger charge is 2.26. The maximum absolute atomic E-state index is 13.0. The molecule has 0 heterocycles. The van der Waals surface area contributed by atoms with Crippen LogP contribution in [0.4, 0.5) is 5.69 Å². The first kappa shape index (κ1) is 25.9. The molecule has 178 valence electrons. The van der Waals surface area contributed by atoms with Gasteiger partial charge in [0.1, 0.15) is 11.8 Å². The minimum atomic E-state index is -0.736. The summed E-state index contributed by atoms with van der Waals surface area (Å²) in [5, 5.41) is 14.5. The number of hydrogen-bond acceptors (Lipinski definition) is 6. The Labute approximate surface area is 197 Å². The second-order valence-corrected chi connectivity index (χ2v) is 7.78. The number of nitro groups is 1. The lowest BCUT2D eigenvalue weighted by atomic mass is 10.1. The van der Waals surface area contributed by atoms with Crippen LogP contribution in [0, 0.1) is 10.1 Å². The fourth-order valence-corrected chi connectivity index (χ4v) is 3.16. The second kappa shape index (κ2) is 12.6. The lowest BCUT2D eigenvalue weighted by molar-refractivity contribution is -0.385. The zero-order valence-electron chi connectivity index (χ0n) is 18.9. The smallest absolute Gasteiger partial charge is 0.311 e. The monoisotopic (exact) mass is 477 g/mol. The van der Waals surface area contributed by atoms with Crippen molar-refractivity contribution in [1.82, 2.24) is 10.2 Å². The Morgan fingerprint density at radius 3 is 2.52 bits per heavy atom. The number of carbonyl (C=O) groups excluding carboxylic acids is 2. The van der Waals surface area contributed by atoms with Crippen LogP contribution in [0.25, 0.3) is 0 Å². The lowest BCUT2D eigenvalue weighted by Crippen LogP contribution is -2.49. The van der Waals surface area contributed by atoms with Gasteiger partial charge in [-0.25, -0.2) is 0 Å². The van der Waals surface area contributed by atoms with Crippen LogP contribution in [-0.4, -0.2) is 47.9 Å². The van der Waals surface area contributed by atoms with E-state index in [1.807, 2.05) is 6.92 Å². The third-order valence-corrected chi connectivity index (χ3v) is 5.23. The van der Waals surface area contributed by atoms with Crippen molar-refractivity contribution in [2.75, 3.05) is 20.3 Å². The molecular weight excluding hydrogens is 450 g/mol. The van der Waals surface area contributed by atoms with Gasteiger partial charge < -0.3 is 19.7 Å². The Hall–Kier alpha value is -3.33. The Bertz CT molecular complexity index is 967. The number of nitrogens with one attached hydrogen (secondary N) is 1. The SMILES string of the molecule is CCCCNC(=O)[C@@H](C)N(Cc1ccc(Cl)cc1)C(=O)COc1ccc([N+](=O)[O-])c(OC)c1. The van der Waals surface area contributed by atoms with Crippen molar-refractivity contribution in [3.05, 3.63) is 63.2 Å². The van der Waals surface area contributed by atoms with E-state index in [-0.39, 0.29) is 36.2 Å². The minimum absolute atomic E-state index is 0.0200. The van der Waals surface area contributed by atoms with E-state index >= 15 is 0 Å². The number of unbranched alkanes of at least 4 members (excludes halogenated alkanes) is 1. The Morgan fingerprint density at radius 1 is 1.21 bits per heavy atom. The number of carbonyl (C=O) groups is 2. The zero-order valence-corrected chi connectivity index (χ0v) is 19.6. The van der Waals surface area contributed by atoms with Crippen molar-refractivity contribution in [3.8, 4) is 11.5 Å². The highest BCUT2D eigenvalue weighted by atomic mass is 35.5. The van der Waals surface area contributed by atoms with Gasteiger partial charge in [0.25, 0.3) is 5.91 Å². The molecule has 2 aromatic carbocycles. The predicted octanol–water partition coefficient (Wildman–Crippen LogP) is 3.97. The number of ether oxygens (including phenoxy) is 2. The van der Waals surface area contributed by atoms with E-state index in [1.54, 1.807) is 31.2 Å². The molecule has 0 fully saturated rings. The van der Waals surface area contributed by atoms with Crippen LogP contribution in [0.15, 0.2) is 42.5 Å². The van der Waals surface area contributed by atoms with Gasteiger partial charge in [-0.15, -0.1) is 0 Å². The standard InChI is InChI=1S/C23H28ClN3O6/c1-4-5-12-25-23(29)16(2)26(14-17-6-8-18(24)9-7-17)22(28)15-33-19-10-11-20(27(30)31)21(13-19)32-3/h6-11,13,16H,4-5,12,14-15H2,1-3H3,(H,25,29)/t16-/m1/s1. The topological polar surface area (TPSA) is 111 Å². The molecule has 0 saturated carbocycles. The molecule has 2 rings (SSSR count). The van der Waals surface area contributed by atoms with Crippen LogP contribution in [0.3, 0.4) is 0 Å². The molecule has 0 radical (unpaired) electrons. The first-order valence-corrected chi connectivity index (χ1v) is 10.9. The Kier molecular flexibility index (Phi) is 9.93. The van der Waals surface area contributed by atoms with Crippen molar-refractivity contribution in [3.63, 3.8) is 0 Å². The summed E-state index contributed by atoms with van der Waals surface area (Å²) in [5.74, 6) is -0.424. The van der Waals surface area contributed by atoms with Crippen LogP contribution in [0.5, 0.6) is 11.5 Å². The van der Waals surface area contributed by atoms with E-state index < -0.39 is 16.9 Å². The van der Waals surface area contributed by atoms with E-state index in [0.717, 1.165) is 18.4 Å². The predicted molar refractivity (Wildman–Crippen MR) is 125 cm³/mol. The van der Waals surface area contributed by atoms with Crippen molar-refractivity contribution >= 4 is 29.1 Å². The molecule has 0 bridgehead atoms. The van der Waals surface area contributed by atoms with Gasteiger partial charge in [-0.3, -0.25) is 19.7 Å². The van der Waals surface area contributed by atoms with Gasteiger partial charge in [-0.2, -0.15) is 0 Å². The van der Waals surface area contributed by atoms with E-state index in [9.17, 15) is 19.7 Å². The van der Waals surface area contributed by atoms with E-state index in [1.165, 1.54) is 30.2 Å². The molecule has 2 aromatic rings. The molecule has 0 aliphatic heterocycles. The molecule has 0 aromatic heterocycles. The molecule has 1 N–H and O–H groups in total. The molecule has 0 aliphatic rings. The molecule has 0 saturated heterocycles. The maximum atomic E-state index is 13.0. The van der Waals surface area contributed by atoms with Crippen LogP contribution >= 0.6 is 11.6 Å². The van der Waals surface area contributed by atoms with E-state index in [2.05, 4.69) is 5.32 Å². The number of rotatable bonds is 12. The zero-order chi connectivity index (χ0) is 24.4. The fraction of sp³-hybridized carbons (Fsp3) is 0.391. The van der Waals surface area contributed by atoms with Crippen LogP contribution in [0.2, 0.25) is 5.02 Å². The highest BCUT2D eigenvalue weighted by molar-refractivity contribution is 6.30. The summed E-state index contributed by atoms with van der Waals surface area (Å²) in [6.07, 6.45) is 1.78. The van der Waals surface area contributed by atoms with Gasteiger partial charge in [0.15, 0.2) is 6.61 Å². The van der Waals surface area contributed by atoms with Crippen molar-refractivity contribution in [1.29, 1.82) is 0 Å². The molecule has 0 spiro atoms. The summed E-state index contributed by atoms with van der Waals surface area (Å²) >= 11 is 5.95. The Morgan fingerprint density at radius 2 is 1.91 bits per heavy atom. The van der Waals surface area contributed by atoms with Gasteiger partial charge in [-0.1, -0.05) is 37.1 Å². The summed E-state index contributed by atoms with van der Waals surface area (Å²) < 4.78 is 10.6. The molecule has 33 heavy (non-hydrogen) atoms. The first-order chi connectivity index (χ1) is 15.8. The molecule has 9 nitrogen and oxygen atoms in total. The number of hydrogen-bond donors (Lipinski definition) is 1. The second-order valence-electron chi connectivity index (χ2n) is 7.35. The third-order valence-electron chi connectivity index (χ3n) is 4.97. The summed E-state index contributed by atoms with van der Waals surface area (Å²) in [7, 11) is 1.31. The van der Waals surface area contributed by atoms with E-state index in [4.69, 9.17) is 21.1 Å². The number of benzene rings is 2. The maximum Gasteiger partial charge on any atom is 0.311 e. The minimum Gasteiger partial charge on any atom is -0.490 e. The number of methoxy groups -OCH3 is 1. The van der Waals surface area contributed by atoms with Gasteiger partial charge in [0, 0.05) is 30.2 Å². The number of amides is 2. The van der Waals surface area contributed by atoms with Gasteiger partial charge >= 0.3 is 5.69 Å². The summed E-state index contributed by atoms with van der Waals surface area (Å²) in [6.45, 7) is 4.04. The number of halogens is 1. The molecular formula is C23H28ClN3O6. The summed E-state index contributed by atoms with van der Waals surface area (Å²) in [6, 6.07) is 10.2. The van der Waals surface area contributed by atoms with Crippen molar-refractivity contribution in [2.45, 2.75) is 39.3 Å². The third kappa shape index (κ3) is 7.64. The summed E-state index contributed by atoms with van der Waals surface area (Å²) in [5.41, 5.74) is 0.593. The van der Waals surface area contributed by atoms with Crippen LogP contribution in [0.1, 0.15) is 32.3 Å². The lowest BCUT2D eigenvalue weighted by Gasteiger charge is -2.28. The average Bonchev–Trinajstić information content (AvgIpc) is 2.81. The average molecular weight is 478 g/mol. The van der Waals surface area contributed by atoms with Gasteiger partial charge in [-0.05, 0) is 37.1 Å². The van der Waals surface area contributed by atoms with Crippen LogP contribution < -0.4 is 14.8 Å². The number of nitrogens with zero attached hydrogens (tertiary/aromatic N) is 2. The summed E-state index contributed by atoms with van der Waals surface area (Å²) in [4.78, 5) is 37.6.